The van der Waals surface area contributed by atoms with E-state index in [4.69, 9.17) is 9.97 Å². The summed E-state index contributed by atoms with van der Waals surface area (Å²) in [4.78, 5) is 31.3. The molecule has 0 atom stereocenters. The molecule has 1 fully saturated rings. The second-order valence-electron chi connectivity index (χ2n) is 7.61. The molecule has 1 aliphatic heterocycles. The summed E-state index contributed by atoms with van der Waals surface area (Å²) in [6.07, 6.45) is 5.28. The van der Waals surface area contributed by atoms with Crippen molar-refractivity contribution in [3.8, 4) is 11.3 Å². The van der Waals surface area contributed by atoms with Crippen LogP contribution in [0.3, 0.4) is 0 Å². The Morgan fingerprint density at radius 1 is 1.17 bits per heavy atom. The fourth-order valence-corrected chi connectivity index (χ4v) is 4.50. The Labute approximate surface area is 174 Å². The number of carbonyl (C=O) groups excluding carboxylic acids is 1. The van der Waals surface area contributed by atoms with E-state index in [1.165, 1.54) is 0 Å². The molecule has 0 spiro atoms. The van der Waals surface area contributed by atoms with Gasteiger partial charge >= 0.3 is 0 Å². The van der Waals surface area contributed by atoms with Crippen molar-refractivity contribution >= 4 is 32.7 Å². The summed E-state index contributed by atoms with van der Waals surface area (Å²) >= 11 is 1.62. The molecule has 1 N–H and O–H groups in total. The first-order chi connectivity index (χ1) is 14.1. The van der Waals surface area contributed by atoms with E-state index in [9.17, 15) is 4.79 Å². The van der Waals surface area contributed by atoms with Crippen LogP contribution in [-0.2, 0) is 4.79 Å². The second-order valence-corrected chi connectivity index (χ2v) is 8.56. The van der Waals surface area contributed by atoms with Crippen LogP contribution in [0.15, 0.2) is 36.7 Å². The molecule has 4 rings (SSSR count). The first-order valence-electron chi connectivity index (χ1n) is 9.95. The number of fused-ring (bicyclic) bond motifs is 1. The normalized spacial score (nSPS) is 15.2. The lowest BCUT2D eigenvalue weighted by Gasteiger charge is -2.31. The van der Waals surface area contributed by atoms with Crippen LogP contribution < -0.4 is 10.2 Å². The zero-order valence-electron chi connectivity index (χ0n) is 16.8. The molecular formula is C21H26N6OS. The Balaban J connectivity index is 1.39. The third kappa shape index (κ3) is 4.71. The van der Waals surface area contributed by atoms with Gasteiger partial charge in [-0.05, 0) is 51.2 Å². The van der Waals surface area contributed by atoms with E-state index in [2.05, 4.69) is 20.1 Å². The van der Waals surface area contributed by atoms with E-state index in [1.54, 1.807) is 23.7 Å². The maximum atomic E-state index is 12.4. The predicted molar refractivity (Wildman–Crippen MR) is 117 cm³/mol. The maximum Gasteiger partial charge on any atom is 0.223 e. The summed E-state index contributed by atoms with van der Waals surface area (Å²) in [7, 11) is 4.02. The van der Waals surface area contributed by atoms with Crippen LogP contribution in [0.5, 0.6) is 0 Å². The number of hydrogen-bond acceptors (Lipinski definition) is 7. The summed E-state index contributed by atoms with van der Waals surface area (Å²) in [6.45, 7) is 3.27. The van der Waals surface area contributed by atoms with Gasteiger partial charge in [0.1, 0.15) is 10.3 Å². The van der Waals surface area contributed by atoms with Crippen molar-refractivity contribution in [3.63, 3.8) is 0 Å². The quantitative estimate of drug-likeness (QED) is 0.673. The highest BCUT2D eigenvalue weighted by atomic mass is 32.1. The fraction of sp³-hybridized carbons (Fsp3) is 0.429. The lowest BCUT2D eigenvalue weighted by Crippen LogP contribution is -2.42. The molecule has 0 bridgehead atoms. The first-order valence-corrected chi connectivity index (χ1v) is 10.8. The van der Waals surface area contributed by atoms with E-state index in [1.807, 2.05) is 38.4 Å². The van der Waals surface area contributed by atoms with Gasteiger partial charge in [-0.3, -0.25) is 9.78 Å². The molecule has 7 nitrogen and oxygen atoms in total. The Hall–Kier alpha value is -2.58. The molecule has 0 aromatic carbocycles. The van der Waals surface area contributed by atoms with Crippen LogP contribution in [0.1, 0.15) is 12.8 Å². The van der Waals surface area contributed by atoms with Crippen molar-refractivity contribution < 1.29 is 4.79 Å². The van der Waals surface area contributed by atoms with Crippen molar-refractivity contribution in [2.45, 2.75) is 12.8 Å². The largest absolute Gasteiger partial charge is 0.355 e. The highest BCUT2D eigenvalue weighted by molar-refractivity contribution is 7.21. The van der Waals surface area contributed by atoms with Crippen molar-refractivity contribution in [2.75, 3.05) is 45.2 Å². The monoisotopic (exact) mass is 410 g/mol. The third-order valence-electron chi connectivity index (χ3n) is 5.21. The standard InChI is InChI=1S/C21H26N6OS/c1-26(2)14-11-23-19(28)16-7-12-27(13-8-16)21-25-18-4-3-17(24-20(18)29-21)15-5-9-22-10-6-15/h3-6,9-10,16H,7-8,11-14H2,1-2H3,(H,23,28). The molecule has 0 radical (unpaired) electrons. The zero-order chi connectivity index (χ0) is 20.2. The lowest BCUT2D eigenvalue weighted by molar-refractivity contribution is -0.125. The number of thiazole rings is 1. The number of hydrogen-bond donors (Lipinski definition) is 1. The molecule has 3 aromatic heterocycles. The third-order valence-corrected chi connectivity index (χ3v) is 6.24. The molecule has 1 aliphatic rings. The minimum atomic E-state index is 0.0965. The summed E-state index contributed by atoms with van der Waals surface area (Å²) < 4.78 is 0. The van der Waals surface area contributed by atoms with E-state index < -0.39 is 0 Å². The van der Waals surface area contributed by atoms with Crippen LogP contribution in [0.4, 0.5) is 5.13 Å². The summed E-state index contributed by atoms with van der Waals surface area (Å²) in [5, 5.41) is 4.05. The molecule has 0 unspecified atom stereocenters. The van der Waals surface area contributed by atoms with Crippen molar-refractivity contribution in [1.82, 2.24) is 25.2 Å². The van der Waals surface area contributed by atoms with Gasteiger partial charge in [0, 0.05) is 50.1 Å². The van der Waals surface area contributed by atoms with E-state index in [0.717, 1.165) is 59.2 Å². The molecule has 3 aromatic rings. The van der Waals surface area contributed by atoms with Crippen molar-refractivity contribution in [2.24, 2.45) is 5.92 Å². The average molecular weight is 411 g/mol. The SMILES string of the molecule is CN(C)CCNC(=O)C1CCN(c2nc3ccc(-c4ccncc4)nc3s2)CC1. The predicted octanol–water partition coefficient (Wildman–Crippen LogP) is 2.65. The number of pyridine rings is 2. The van der Waals surface area contributed by atoms with Crippen LogP contribution >= 0.6 is 11.3 Å². The van der Waals surface area contributed by atoms with Gasteiger partial charge in [-0.15, -0.1) is 0 Å². The summed E-state index contributed by atoms with van der Waals surface area (Å²) in [6, 6.07) is 7.96. The molecule has 152 valence electrons. The molecule has 29 heavy (non-hydrogen) atoms. The topological polar surface area (TPSA) is 74.2 Å². The van der Waals surface area contributed by atoms with Gasteiger partial charge < -0.3 is 15.1 Å². The van der Waals surface area contributed by atoms with Crippen LogP contribution in [0, 0.1) is 5.92 Å². The Morgan fingerprint density at radius 3 is 2.66 bits per heavy atom. The Kier molecular flexibility index (Phi) is 6.01. The highest BCUT2D eigenvalue weighted by Gasteiger charge is 2.26. The summed E-state index contributed by atoms with van der Waals surface area (Å²) in [5.41, 5.74) is 2.91. The van der Waals surface area contributed by atoms with Gasteiger partial charge in [0.2, 0.25) is 5.91 Å². The first kappa shape index (κ1) is 19.7. The number of likely N-dealkylation sites (N-methyl/N-ethyl adjacent to an activating group) is 1. The molecule has 0 aliphatic carbocycles. The van der Waals surface area contributed by atoms with E-state index >= 15 is 0 Å². The molecular weight excluding hydrogens is 384 g/mol. The number of aromatic nitrogens is 3. The fourth-order valence-electron chi connectivity index (χ4n) is 3.50. The van der Waals surface area contributed by atoms with Crippen molar-refractivity contribution in [1.29, 1.82) is 0 Å². The van der Waals surface area contributed by atoms with Gasteiger partial charge in [-0.1, -0.05) is 11.3 Å². The summed E-state index contributed by atoms with van der Waals surface area (Å²) in [5.74, 6) is 0.277. The number of anilines is 1. The van der Waals surface area contributed by atoms with Gasteiger partial charge in [0.25, 0.3) is 0 Å². The lowest BCUT2D eigenvalue weighted by atomic mass is 9.96. The molecule has 1 amide bonds. The maximum absolute atomic E-state index is 12.4. The molecule has 1 saturated heterocycles. The highest BCUT2D eigenvalue weighted by Crippen LogP contribution is 2.32. The second kappa shape index (κ2) is 8.84. The number of rotatable bonds is 6. The zero-order valence-corrected chi connectivity index (χ0v) is 17.7. The van der Waals surface area contributed by atoms with Crippen molar-refractivity contribution in [3.05, 3.63) is 36.7 Å². The van der Waals surface area contributed by atoms with Crippen LogP contribution in [-0.4, -0.2) is 66.0 Å². The van der Waals surface area contributed by atoms with E-state index in [0.29, 0.717) is 6.54 Å². The molecule has 8 heteroatoms. The van der Waals surface area contributed by atoms with Gasteiger partial charge in [0.15, 0.2) is 5.13 Å². The Morgan fingerprint density at radius 2 is 1.93 bits per heavy atom. The van der Waals surface area contributed by atoms with Crippen LogP contribution in [0.2, 0.25) is 0 Å². The van der Waals surface area contributed by atoms with Crippen LogP contribution in [0.25, 0.3) is 21.6 Å². The number of piperidine rings is 1. The van der Waals surface area contributed by atoms with Gasteiger partial charge in [0.05, 0.1) is 5.69 Å². The Bertz CT molecular complexity index is 966. The number of carbonyl (C=O) groups is 1. The van der Waals surface area contributed by atoms with Gasteiger partial charge in [-0.25, -0.2) is 9.97 Å². The number of amides is 1. The minimum Gasteiger partial charge on any atom is -0.355 e. The molecule has 4 heterocycles. The van der Waals surface area contributed by atoms with E-state index in [-0.39, 0.29) is 11.8 Å². The number of nitrogens with zero attached hydrogens (tertiary/aromatic N) is 5. The minimum absolute atomic E-state index is 0.0965. The molecule has 0 saturated carbocycles. The van der Waals surface area contributed by atoms with Gasteiger partial charge in [-0.2, -0.15) is 0 Å². The number of nitrogens with one attached hydrogen (secondary N) is 1. The average Bonchev–Trinajstić information content (AvgIpc) is 3.17. The smallest absolute Gasteiger partial charge is 0.223 e.